The van der Waals surface area contributed by atoms with Crippen molar-refractivity contribution in [2.45, 2.75) is 17.1 Å². The van der Waals surface area contributed by atoms with Gasteiger partial charge >= 0.3 is 0 Å². The van der Waals surface area contributed by atoms with Crippen LogP contribution in [0.2, 0.25) is 0 Å². The quantitative estimate of drug-likeness (QED) is 0.493. The Hall–Kier alpha value is -0.580. The van der Waals surface area contributed by atoms with Crippen molar-refractivity contribution in [1.82, 2.24) is 0 Å². The molecule has 2 aromatic rings. The smallest absolute Gasteiger partial charge is 0.175 e. The molecule has 0 saturated heterocycles. The van der Waals surface area contributed by atoms with Gasteiger partial charge in [-0.1, -0.05) is 40.2 Å². The average Bonchev–Trinajstić information content (AvgIpc) is 2.41. The SMILES string of the molecule is CC(Sc1ccccc1Br)C(=O)c1ccc(Br)cc1. The second-order valence-electron chi connectivity index (χ2n) is 4.06. The van der Waals surface area contributed by atoms with Gasteiger partial charge in [0.05, 0.1) is 5.25 Å². The zero-order valence-electron chi connectivity index (χ0n) is 10.3. The maximum absolute atomic E-state index is 12.3. The highest BCUT2D eigenvalue weighted by molar-refractivity contribution is 9.10. The van der Waals surface area contributed by atoms with Crippen LogP contribution in [0, 0.1) is 0 Å². The molecule has 0 spiro atoms. The highest BCUT2D eigenvalue weighted by Gasteiger charge is 2.17. The van der Waals surface area contributed by atoms with E-state index in [9.17, 15) is 4.79 Å². The molecule has 1 nitrogen and oxygen atoms in total. The summed E-state index contributed by atoms with van der Waals surface area (Å²) in [7, 11) is 0. The Bertz CT molecular complexity index is 581. The molecule has 4 heteroatoms. The maximum atomic E-state index is 12.3. The molecule has 0 aliphatic heterocycles. The molecule has 0 N–H and O–H groups in total. The Kier molecular flexibility index (Phi) is 5.25. The minimum Gasteiger partial charge on any atom is -0.293 e. The molecule has 0 heterocycles. The van der Waals surface area contributed by atoms with E-state index in [0.717, 1.165) is 19.4 Å². The number of halogens is 2. The molecule has 0 radical (unpaired) electrons. The first-order chi connectivity index (χ1) is 9.08. The molecule has 0 aliphatic carbocycles. The monoisotopic (exact) mass is 398 g/mol. The maximum Gasteiger partial charge on any atom is 0.175 e. The van der Waals surface area contributed by atoms with E-state index in [1.165, 1.54) is 0 Å². The third kappa shape index (κ3) is 3.94. The number of rotatable bonds is 4. The number of thioether (sulfide) groups is 1. The van der Waals surface area contributed by atoms with E-state index in [0.29, 0.717) is 0 Å². The third-order valence-corrected chi connectivity index (χ3v) is 5.30. The first-order valence-corrected chi connectivity index (χ1v) is 8.25. The summed E-state index contributed by atoms with van der Waals surface area (Å²) in [6.07, 6.45) is 0. The number of Topliss-reactive ketones (excluding diaryl/α,β-unsaturated/α-hetero) is 1. The van der Waals surface area contributed by atoms with Crippen molar-refractivity contribution in [3.63, 3.8) is 0 Å². The molecule has 98 valence electrons. The molecular weight excluding hydrogens is 388 g/mol. The van der Waals surface area contributed by atoms with Crippen molar-refractivity contribution < 1.29 is 4.79 Å². The van der Waals surface area contributed by atoms with Gasteiger partial charge in [0.1, 0.15) is 0 Å². The number of ketones is 1. The van der Waals surface area contributed by atoms with Crippen LogP contribution in [-0.4, -0.2) is 11.0 Å². The largest absolute Gasteiger partial charge is 0.293 e. The first-order valence-electron chi connectivity index (χ1n) is 5.79. The summed E-state index contributed by atoms with van der Waals surface area (Å²) in [6, 6.07) is 15.4. The van der Waals surface area contributed by atoms with Crippen LogP contribution in [0.25, 0.3) is 0 Å². The normalized spacial score (nSPS) is 12.2. The van der Waals surface area contributed by atoms with Gasteiger partial charge in [-0.05, 0) is 47.1 Å². The summed E-state index contributed by atoms with van der Waals surface area (Å²) in [5.41, 5.74) is 0.746. The van der Waals surface area contributed by atoms with Crippen molar-refractivity contribution in [3.8, 4) is 0 Å². The molecule has 0 aliphatic rings. The van der Waals surface area contributed by atoms with Gasteiger partial charge in [0.2, 0.25) is 0 Å². The Morgan fingerprint density at radius 3 is 2.32 bits per heavy atom. The molecular formula is C15H12Br2OS. The van der Waals surface area contributed by atoms with E-state index >= 15 is 0 Å². The predicted molar refractivity (Wildman–Crippen MR) is 87.9 cm³/mol. The van der Waals surface area contributed by atoms with E-state index in [4.69, 9.17) is 0 Å². The van der Waals surface area contributed by atoms with Gasteiger partial charge in [-0.3, -0.25) is 4.79 Å². The van der Waals surface area contributed by atoms with E-state index in [1.54, 1.807) is 11.8 Å². The molecule has 2 aromatic carbocycles. The number of hydrogen-bond acceptors (Lipinski definition) is 2. The van der Waals surface area contributed by atoms with Crippen LogP contribution in [0.5, 0.6) is 0 Å². The minimum absolute atomic E-state index is 0.111. The van der Waals surface area contributed by atoms with Gasteiger partial charge < -0.3 is 0 Å². The lowest BCUT2D eigenvalue weighted by atomic mass is 10.1. The predicted octanol–water partition coefficient (Wildman–Crippen LogP) is 5.58. The van der Waals surface area contributed by atoms with Gasteiger partial charge in [-0.2, -0.15) is 0 Å². The standard InChI is InChI=1S/C15H12Br2OS/c1-10(19-14-5-3-2-4-13(14)17)15(18)11-6-8-12(16)9-7-11/h2-10H,1H3. The van der Waals surface area contributed by atoms with Crippen LogP contribution in [-0.2, 0) is 0 Å². The van der Waals surface area contributed by atoms with Crippen molar-refractivity contribution in [1.29, 1.82) is 0 Å². The van der Waals surface area contributed by atoms with Gasteiger partial charge in [-0.25, -0.2) is 0 Å². The fraction of sp³-hybridized carbons (Fsp3) is 0.133. The Morgan fingerprint density at radius 2 is 1.68 bits per heavy atom. The first kappa shape index (κ1) is 14.8. The zero-order valence-corrected chi connectivity index (χ0v) is 14.3. The molecule has 19 heavy (non-hydrogen) atoms. The lowest BCUT2D eigenvalue weighted by Gasteiger charge is -2.11. The van der Waals surface area contributed by atoms with Gasteiger partial charge in [-0.15, -0.1) is 11.8 Å². The molecule has 0 bridgehead atoms. The summed E-state index contributed by atoms with van der Waals surface area (Å²) < 4.78 is 2.01. The van der Waals surface area contributed by atoms with Crippen molar-refractivity contribution >= 4 is 49.4 Å². The minimum atomic E-state index is -0.111. The van der Waals surface area contributed by atoms with Gasteiger partial charge in [0.25, 0.3) is 0 Å². The van der Waals surface area contributed by atoms with E-state index < -0.39 is 0 Å². The second-order valence-corrected chi connectivity index (χ2v) is 7.21. The Balaban J connectivity index is 2.12. The molecule has 1 unspecified atom stereocenters. The molecule has 0 saturated carbocycles. The molecule has 0 fully saturated rings. The van der Waals surface area contributed by atoms with Crippen molar-refractivity contribution in [2.24, 2.45) is 0 Å². The summed E-state index contributed by atoms with van der Waals surface area (Å²) in [6.45, 7) is 1.94. The third-order valence-electron chi connectivity index (χ3n) is 2.64. The number of carbonyl (C=O) groups is 1. The summed E-state index contributed by atoms with van der Waals surface area (Å²) in [5.74, 6) is 0.147. The second kappa shape index (κ2) is 6.73. The highest BCUT2D eigenvalue weighted by atomic mass is 79.9. The van der Waals surface area contributed by atoms with Gasteiger partial charge in [0.15, 0.2) is 5.78 Å². The Morgan fingerprint density at radius 1 is 1.05 bits per heavy atom. The number of benzene rings is 2. The lowest BCUT2D eigenvalue weighted by molar-refractivity contribution is 0.0994. The van der Waals surface area contributed by atoms with Crippen LogP contribution in [0.4, 0.5) is 0 Å². The van der Waals surface area contributed by atoms with Crippen molar-refractivity contribution in [2.75, 3.05) is 0 Å². The molecule has 0 aromatic heterocycles. The zero-order chi connectivity index (χ0) is 13.8. The molecule has 2 rings (SSSR count). The highest BCUT2D eigenvalue weighted by Crippen LogP contribution is 2.31. The van der Waals surface area contributed by atoms with E-state index in [-0.39, 0.29) is 11.0 Å². The van der Waals surface area contributed by atoms with Crippen molar-refractivity contribution in [3.05, 3.63) is 63.0 Å². The van der Waals surface area contributed by atoms with Crippen LogP contribution >= 0.6 is 43.6 Å². The summed E-state index contributed by atoms with van der Waals surface area (Å²) in [4.78, 5) is 13.4. The summed E-state index contributed by atoms with van der Waals surface area (Å²) in [5, 5.41) is -0.111. The molecule has 1 atom stereocenters. The molecule has 0 amide bonds. The van der Waals surface area contributed by atoms with Crippen LogP contribution in [0.15, 0.2) is 62.4 Å². The van der Waals surface area contributed by atoms with Crippen LogP contribution < -0.4 is 0 Å². The lowest BCUT2D eigenvalue weighted by Crippen LogP contribution is -2.13. The van der Waals surface area contributed by atoms with E-state index in [1.807, 2.05) is 55.5 Å². The fourth-order valence-corrected chi connectivity index (χ4v) is 3.42. The number of hydrogen-bond donors (Lipinski definition) is 0. The summed E-state index contributed by atoms with van der Waals surface area (Å²) >= 11 is 8.44. The number of carbonyl (C=O) groups excluding carboxylic acids is 1. The Labute approximate surface area is 134 Å². The van der Waals surface area contributed by atoms with E-state index in [2.05, 4.69) is 31.9 Å². The topological polar surface area (TPSA) is 17.1 Å². The van der Waals surface area contributed by atoms with Gasteiger partial charge in [0, 0.05) is 19.4 Å². The van der Waals surface area contributed by atoms with Crippen LogP contribution in [0.3, 0.4) is 0 Å². The fourth-order valence-electron chi connectivity index (χ4n) is 1.63. The average molecular weight is 400 g/mol. The van der Waals surface area contributed by atoms with Crippen LogP contribution in [0.1, 0.15) is 17.3 Å².